The Hall–Kier alpha value is -3.21. The smallest absolute Gasteiger partial charge is 0.260 e. The lowest BCUT2D eigenvalue weighted by molar-refractivity contribution is 0.0985. The number of thiazole rings is 1. The number of halogens is 1. The second kappa shape index (κ2) is 8.73. The number of sulfonamides is 1. The van der Waals surface area contributed by atoms with Gasteiger partial charge in [0.15, 0.2) is 5.13 Å². The van der Waals surface area contributed by atoms with Gasteiger partial charge in [0.1, 0.15) is 11.3 Å². The van der Waals surface area contributed by atoms with Crippen LogP contribution < -0.4 is 4.90 Å². The van der Waals surface area contributed by atoms with E-state index in [1.165, 1.54) is 60.7 Å². The van der Waals surface area contributed by atoms with Crippen molar-refractivity contribution in [2.75, 3.05) is 19.0 Å². The Balaban J connectivity index is 1.74. The SMILES string of the molecule is CN(C)S(=O)(=O)c1ccc(C(=O)N(Cc2cccnc2)c2nc3c(F)cccc3s2)cc1. The molecule has 7 nitrogen and oxygen atoms in total. The number of rotatable bonds is 6. The Bertz CT molecular complexity index is 1370. The summed E-state index contributed by atoms with van der Waals surface area (Å²) in [5.74, 6) is -0.848. The van der Waals surface area contributed by atoms with Crippen LogP contribution in [-0.2, 0) is 16.6 Å². The van der Waals surface area contributed by atoms with Crippen LogP contribution in [0.5, 0.6) is 0 Å². The van der Waals surface area contributed by atoms with E-state index in [-0.39, 0.29) is 28.4 Å². The standard InChI is InChI=1S/C22H19FN4O3S2/c1-26(2)32(29,30)17-10-8-16(9-11-17)21(28)27(14-15-5-4-12-24-13-15)22-25-20-18(23)6-3-7-19(20)31-22/h3-13H,14H2,1-2H3. The summed E-state index contributed by atoms with van der Waals surface area (Å²) in [6, 6.07) is 14.0. The summed E-state index contributed by atoms with van der Waals surface area (Å²) in [5.41, 5.74) is 1.25. The van der Waals surface area contributed by atoms with Crippen molar-refractivity contribution in [2.45, 2.75) is 11.4 Å². The Morgan fingerprint density at radius 1 is 1.06 bits per heavy atom. The summed E-state index contributed by atoms with van der Waals surface area (Å²) in [6.07, 6.45) is 3.27. The van der Waals surface area contributed by atoms with Crippen LogP contribution in [0.15, 0.2) is 71.9 Å². The monoisotopic (exact) mass is 470 g/mol. The lowest BCUT2D eigenvalue weighted by Crippen LogP contribution is -2.30. The maximum atomic E-state index is 14.2. The molecule has 4 aromatic rings. The first kappa shape index (κ1) is 22.0. The van der Waals surface area contributed by atoms with Gasteiger partial charge in [-0.2, -0.15) is 0 Å². The second-order valence-corrected chi connectivity index (χ2v) is 10.3. The molecule has 0 atom stereocenters. The molecule has 4 rings (SSSR count). The van der Waals surface area contributed by atoms with Crippen molar-refractivity contribution in [1.29, 1.82) is 0 Å². The number of aromatic nitrogens is 2. The summed E-state index contributed by atoms with van der Waals surface area (Å²) in [5, 5.41) is 0.337. The molecule has 0 unspecified atom stereocenters. The molecular formula is C22H19FN4O3S2. The van der Waals surface area contributed by atoms with Gasteiger partial charge in [-0.25, -0.2) is 22.1 Å². The molecule has 0 fully saturated rings. The molecule has 2 aromatic carbocycles. The molecule has 0 saturated carbocycles. The molecule has 164 valence electrons. The zero-order chi connectivity index (χ0) is 22.9. The minimum Gasteiger partial charge on any atom is -0.279 e. The number of para-hydroxylation sites is 1. The van der Waals surface area contributed by atoms with Crippen LogP contribution in [0.3, 0.4) is 0 Å². The first-order valence-corrected chi connectivity index (χ1v) is 11.8. The van der Waals surface area contributed by atoms with Gasteiger partial charge >= 0.3 is 0 Å². The van der Waals surface area contributed by atoms with Crippen molar-refractivity contribution < 1.29 is 17.6 Å². The van der Waals surface area contributed by atoms with E-state index in [2.05, 4.69) is 9.97 Å². The number of carbonyl (C=O) groups excluding carboxylic acids is 1. The first-order chi connectivity index (χ1) is 15.3. The van der Waals surface area contributed by atoms with Crippen molar-refractivity contribution >= 4 is 42.6 Å². The normalized spacial score (nSPS) is 11.8. The molecule has 0 saturated heterocycles. The van der Waals surface area contributed by atoms with Gasteiger partial charge in [0.25, 0.3) is 5.91 Å². The highest BCUT2D eigenvalue weighted by Crippen LogP contribution is 2.32. The van der Waals surface area contributed by atoms with Crippen LogP contribution in [0.2, 0.25) is 0 Å². The van der Waals surface area contributed by atoms with Gasteiger partial charge < -0.3 is 0 Å². The molecule has 10 heteroatoms. The minimum absolute atomic E-state index is 0.0833. The molecule has 0 spiro atoms. The highest BCUT2D eigenvalue weighted by atomic mass is 32.2. The molecular weight excluding hydrogens is 451 g/mol. The van der Waals surface area contributed by atoms with Crippen molar-refractivity contribution in [1.82, 2.24) is 14.3 Å². The van der Waals surface area contributed by atoms with Crippen LogP contribution in [0.1, 0.15) is 15.9 Å². The van der Waals surface area contributed by atoms with E-state index in [1.54, 1.807) is 30.6 Å². The second-order valence-electron chi connectivity index (χ2n) is 7.15. The third-order valence-corrected chi connectivity index (χ3v) is 7.65. The fourth-order valence-corrected chi connectivity index (χ4v) is 4.93. The largest absolute Gasteiger partial charge is 0.279 e. The molecule has 0 N–H and O–H groups in total. The zero-order valence-corrected chi connectivity index (χ0v) is 18.9. The maximum Gasteiger partial charge on any atom is 0.260 e. The van der Waals surface area contributed by atoms with Gasteiger partial charge in [-0.05, 0) is 48.0 Å². The molecule has 32 heavy (non-hydrogen) atoms. The van der Waals surface area contributed by atoms with Crippen LogP contribution in [-0.4, -0.2) is 42.7 Å². The van der Waals surface area contributed by atoms with Crippen molar-refractivity contribution in [3.8, 4) is 0 Å². The van der Waals surface area contributed by atoms with E-state index in [0.29, 0.717) is 9.83 Å². The summed E-state index contributed by atoms with van der Waals surface area (Å²) in [4.78, 5) is 23.4. The van der Waals surface area contributed by atoms with Gasteiger partial charge in [-0.1, -0.05) is 23.5 Å². The minimum atomic E-state index is -3.61. The van der Waals surface area contributed by atoms with Crippen molar-refractivity contribution in [2.24, 2.45) is 0 Å². The molecule has 0 aliphatic rings. The number of fused-ring (bicyclic) bond motifs is 1. The van der Waals surface area contributed by atoms with E-state index >= 15 is 0 Å². The molecule has 0 bridgehead atoms. The Morgan fingerprint density at radius 3 is 2.44 bits per heavy atom. The van der Waals surface area contributed by atoms with E-state index in [0.717, 1.165) is 9.87 Å². The van der Waals surface area contributed by atoms with E-state index in [9.17, 15) is 17.6 Å². The van der Waals surface area contributed by atoms with Crippen molar-refractivity contribution in [3.05, 3.63) is 83.9 Å². The lowest BCUT2D eigenvalue weighted by atomic mass is 10.2. The Kier molecular flexibility index (Phi) is 6.00. The average Bonchev–Trinajstić information content (AvgIpc) is 3.23. The first-order valence-electron chi connectivity index (χ1n) is 9.56. The summed E-state index contributed by atoms with van der Waals surface area (Å²) >= 11 is 1.20. The van der Waals surface area contributed by atoms with Crippen LogP contribution in [0, 0.1) is 5.82 Å². The topological polar surface area (TPSA) is 83.5 Å². The number of hydrogen-bond acceptors (Lipinski definition) is 6. The number of nitrogens with zero attached hydrogens (tertiary/aromatic N) is 4. The number of carbonyl (C=O) groups is 1. The van der Waals surface area contributed by atoms with Gasteiger partial charge in [0, 0.05) is 32.1 Å². The summed E-state index contributed by atoms with van der Waals surface area (Å²) in [7, 11) is -0.733. The van der Waals surface area contributed by atoms with Gasteiger partial charge in [-0.3, -0.25) is 14.7 Å². The number of amides is 1. The number of benzene rings is 2. The van der Waals surface area contributed by atoms with Crippen LogP contribution in [0.4, 0.5) is 9.52 Å². The maximum absolute atomic E-state index is 14.2. The van der Waals surface area contributed by atoms with Crippen LogP contribution >= 0.6 is 11.3 Å². The summed E-state index contributed by atoms with van der Waals surface area (Å²) in [6.45, 7) is 0.172. The quantitative estimate of drug-likeness (QED) is 0.426. The zero-order valence-electron chi connectivity index (χ0n) is 17.3. The fraction of sp³-hybridized carbons (Fsp3) is 0.136. The Labute approximate surface area is 188 Å². The molecule has 2 heterocycles. The van der Waals surface area contributed by atoms with Crippen molar-refractivity contribution in [3.63, 3.8) is 0 Å². The molecule has 2 aromatic heterocycles. The third kappa shape index (κ3) is 4.24. The fourth-order valence-electron chi connectivity index (χ4n) is 3.06. The number of hydrogen-bond donors (Lipinski definition) is 0. The molecule has 1 amide bonds. The van der Waals surface area contributed by atoms with Crippen LogP contribution in [0.25, 0.3) is 10.2 Å². The third-order valence-electron chi connectivity index (χ3n) is 4.78. The highest BCUT2D eigenvalue weighted by Gasteiger charge is 2.24. The molecule has 0 aliphatic carbocycles. The number of anilines is 1. The molecule has 0 aliphatic heterocycles. The Morgan fingerprint density at radius 2 is 1.81 bits per heavy atom. The summed E-state index contributed by atoms with van der Waals surface area (Å²) < 4.78 is 40.6. The molecule has 0 radical (unpaired) electrons. The predicted molar refractivity (Wildman–Crippen MR) is 122 cm³/mol. The predicted octanol–water partition coefficient (Wildman–Crippen LogP) is 3.93. The van der Waals surface area contributed by atoms with Gasteiger partial charge in [0.2, 0.25) is 10.0 Å². The van der Waals surface area contributed by atoms with Gasteiger partial charge in [0.05, 0.1) is 16.1 Å². The number of pyridine rings is 1. The van der Waals surface area contributed by atoms with E-state index in [1.807, 2.05) is 6.07 Å². The van der Waals surface area contributed by atoms with Gasteiger partial charge in [-0.15, -0.1) is 0 Å². The van der Waals surface area contributed by atoms with E-state index < -0.39 is 15.8 Å². The lowest BCUT2D eigenvalue weighted by Gasteiger charge is -2.20. The highest BCUT2D eigenvalue weighted by molar-refractivity contribution is 7.89. The average molecular weight is 471 g/mol. The van der Waals surface area contributed by atoms with E-state index in [4.69, 9.17) is 0 Å².